The molecule has 0 bridgehead atoms. The molecule has 0 saturated carbocycles. The topological polar surface area (TPSA) is 64.3 Å². The van der Waals surface area contributed by atoms with E-state index in [2.05, 4.69) is 21.2 Å². The van der Waals surface area contributed by atoms with Crippen LogP contribution in [0, 0.1) is 0 Å². The summed E-state index contributed by atoms with van der Waals surface area (Å²) in [6.07, 6.45) is 0. The van der Waals surface area contributed by atoms with Gasteiger partial charge in [0.1, 0.15) is 11.8 Å². The van der Waals surface area contributed by atoms with Crippen LogP contribution in [0.15, 0.2) is 53.0 Å². The number of halogens is 1. The Morgan fingerprint density at radius 3 is 2.40 bits per heavy atom. The van der Waals surface area contributed by atoms with Gasteiger partial charge in [-0.25, -0.2) is 0 Å². The lowest BCUT2D eigenvalue weighted by atomic mass is 10.1. The molecule has 0 spiro atoms. The Balaban J connectivity index is 2.27. The van der Waals surface area contributed by atoms with E-state index in [1.807, 2.05) is 36.4 Å². The van der Waals surface area contributed by atoms with Crippen molar-refractivity contribution in [1.29, 1.82) is 0 Å². The van der Waals surface area contributed by atoms with Crippen LogP contribution in [0.2, 0.25) is 0 Å². The van der Waals surface area contributed by atoms with Crippen LogP contribution in [0.4, 0.5) is 5.69 Å². The molecule has 0 aliphatic rings. The van der Waals surface area contributed by atoms with Crippen LogP contribution in [0.3, 0.4) is 0 Å². The maximum atomic E-state index is 11.7. The minimum absolute atomic E-state index is 0.439. The standard InChI is InChI=1S/C15H15BrN2O2/c1-20-11-8-6-10(7-9-11)14(15(17)19)18-13-5-3-2-4-12(13)16/h2-9,14,18H,1H3,(H2,17,19). The SMILES string of the molecule is COc1ccc(C(Nc2ccccc2Br)C(N)=O)cc1. The van der Waals surface area contributed by atoms with Gasteiger partial charge in [-0.2, -0.15) is 0 Å². The third-order valence-corrected chi connectivity index (χ3v) is 3.60. The predicted octanol–water partition coefficient (Wildman–Crippen LogP) is 3.10. The van der Waals surface area contributed by atoms with Gasteiger partial charge in [0, 0.05) is 10.2 Å². The molecule has 20 heavy (non-hydrogen) atoms. The minimum atomic E-state index is -0.598. The summed E-state index contributed by atoms with van der Waals surface area (Å²) in [5.41, 5.74) is 7.09. The van der Waals surface area contributed by atoms with Crippen molar-refractivity contribution < 1.29 is 9.53 Å². The molecule has 0 aromatic heterocycles. The molecule has 2 aromatic rings. The van der Waals surface area contributed by atoms with Crippen molar-refractivity contribution in [3.63, 3.8) is 0 Å². The summed E-state index contributed by atoms with van der Waals surface area (Å²) in [4.78, 5) is 11.7. The van der Waals surface area contributed by atoms with Gasteiger partial charge in [0.15, 0.2) is 0 Å². The van der Waals surface area contributed by atoms with Crippen LogP contribution < -0.4 is 15.8 Å². The fraction of sp³-hybridized carbons (Fsp3) is 0.133. The third kappa shape index (κ3) is 3.30. The van der Waals surface area contributed by atoms with Crippen molar-refractivity contribution in [1.82, 2.24) is 0 Å². The number of primary amides is 1. The summed E-state index contributed by atoms with van der Waals surface area (Å²) in [6.45, 7) is 0. The Morgan fingerprint density at radius 1 is 1.20 bits per heavy atom. The summed E-state index contributed by atoms with van der Waals surface area (Å²) in [5, 5.41) is 3.14. The highest BCUT2D eigenvalue weighted by atomic mass is 79.9. The molecule has 1 amide bonds. The zero-order valence-corrected chi connectivity index (χ0v) is 12.6. The predicted molar refractivity (Wildman–Crippen MR) is 82.7 cm³/mol. The number of rotatable bonds is 5. The lowest BCUT2D eigenvalue weighted by molar-refractivity contribution is -0.118. The van der Waals surface area contributed by atoms with Gasteiger partial charge in [-0.15, -0.1) is 0 Å². The van der Waals surface area contributed by atoms with Gasteiger partial charge in [0.25, 0.3) is 0 Å². The van der Waals surface area contributed by atoms with Gasteiger partial charge in [-0.05, 0) is 45.8 Å². The fourth-order valence-corrected chi connectivity index (χ4v) is 2.25. The highest BCUT2D eigenvalue weighted by molar-refractivity contribution is 9.10. The van der Waals surface area contributed by atoms with E-state index in [-0.39, 0.29) is 0 Å². The summed E-state index contributed by atoms with van der Waals surface area (Å²) >= 11 is 3.43. The van der Waals surface area contributed by atoms with E-state index in [9.17, 15) is 4.79 Å². The first kappa shape index (κ1) is 14.4. The molecule has 0 aliphatic carbocycles. The smallest absolute Gasteiger partial charge is 0.244 e. The van der Waals surface area contributed by atoms with Crippen LogP contribution >= 0.6 is 15.9 Å². The normalized spacial score (nSPS) is 11.7. The summed E-state index contributed by atoms with van der Waals surface area (Å²) in [6, 6.07) is 14.2. The molecule has 104 valence electrons. The first-order valence-corrected chi connectivity index (χ1v) is 6.85. The lowest BCUT2D eigenvalue weighted by Crippen LogP contribution is -2.27. The number of para-hydroxylation sites is 1. The molecule has 0 saturated heterocycles. The summed E-state index contributed by atoms with van der Waals surface area (Å²) in [7, 11) is 1.60. The highest BCUT2D eigenvalue weighted by Gasteiger charge is 2.18. The van der Waals surface area contributed by atoms with E-state index in [0.29, 0.717) is 0 Å². The number of benzene rings is 2. The average molecular weight is 335 g/mol. The number of anilines is 1. The van der Waals surface area contributed by atoms with Crippen molar-refractivity contribution in [3.8, 4) is 5.75 Å². The maximum Gasteiger partial charge on any atom is 0.244 e. The van der Waals surface area contributed by atoms with Crippen molar-refractivity contribution in [3.05, 3.63) is 58.6 Å². The fourth-order valence-electron chi connectivity index (χ4n) is 1.85. The van der Waals surface area contributed by atoms with E-state index in [4.69, 9.17) is 10.5 Å². The number of methoxy groups -OCH3 is 1. The molecule has 1 unspecified atom stereocenters. The molecule has 0 aliphatic heterocycles. The number of hydrogen-bond acceptors (Lipinski definition) is 3. The second kappa shape index (κ2) is 6.43. The number of hydrogen-bond donors (Lipinski definition) is 2. The van der Waals surface area contributed by atoms with Gasteiger partial charge in [0.2, 0.25) is 5.91 Å². The Kier molecular flexibility index (Phi) is 4.63. The Bertz CT molecular complexity index is 599. The number of nitrogens with two attached hydrogens (primary N) is 1. The van der Waals surface area contributed by atoms with E-state index in [1.165, 1.54) is 0 Å². The largest absolute Gasteiger partial charge is 0.497 e. The van der Waals surface area contributed by atoms with Crippen LogP contribution in [-0.4, -0.2) is 13.0 Å². The van der Waals surface area contributed by atoms with E-state index >= 15 is 0 Å². The second-order valence-electron chi connectivity index (χ2n) is 4.23. The van der Waals surface area contributed by atoms with E-state index in [1.54, 1.807) is 19.2 Å². The zero-order valence-electron chi connectivity index (χ0n) is 11.0. The van der Waals surface area contributed by atoms with Crippen LogP contribution in [-0.2, 0) is 4.79 Å². The number of amides is 1. The van der Waals surface area contributed by atoms with Crippen LogP contribution in [0.5, 0.6) is 5.75 Å². The zero-order chi connectivity index (χ0) is 14.5. The molecule has 0 fully saturated rings. The Morgan fingerprint density at radius 2 is 1.85 bits per heavy atom. The molecule has 2 aromatic carbocycles. The minimum Gasteiger partial charge on any atom is -0.497 e. The first-order valence-electron chi connectivity index (χ1n) is 6.06. The highest BCUT2D eigenvalue weighted by Crippen LogP contribution is 2.27. The van der Waals surface area contributed by atoms with Crippen molar-refractivity contribution in [2.24, 2.45) is 5.73 Å². The molecule has 3 N–H and O–H groups in total. The first-order chi connectivity index (χ1) is 9.61. The number of nitrogens with one attached hydrogen (secondary N) is 1. The lowest BCUT2D eigenvalue weighted by Gasteiger charge is -2.18. The Hall–Kier alpha value is -2.01. The van der Waals surface area contributed by atoms with Crippen LogP contribution in [0.1, 0.15) is 11.6 Å². The number of carbonyl (C=O) groups excluding carboxylic acids is 1. The second-order valence-corrected chi connectivity index (χ2v) is 5.09. The third-order valence-electron chi connectivity index (χ3n) is 2.91. The molecule has 4 nitrogen and oxygen atoms in total. The molecular weight excluding hydrogens is 320 g/mol. The molecule has 2 rings (SSSR count). The van der Waals surface area contributed by atoms with Gasteiger partial charge in [0.05, 0.1) is 7.11 Å². The molecular formula is C15H15BrN2O2. The van der Waals surface area contributed by atoms with E-state index < -0.39 is 11.9 Å². The van der Waals surface area contributed by atoms with Crippen molar-refractivity contribution in [2.75, 3.05) is 12.4 Å². The van der Waals surface area contributed by atoms with Gasteiger partial charge >= 0.3 is 0 Å². The van der Waals surface area contributed by atoms with Gasteiger partial charge in [-0.3, -0.25) is 4.79 Å². The monoisotopic (exact) mass is 334 g/mol. The molecule has 5 heteroatoms. The van der Waals surface area contributed by atoms with Crippen molar-refractivity contribution in [2.45, 2.75) is 6.04 Å². The van der Waals surface area contributed by atoms with Crippen LogP contribution in [0.25, 0.3) is 0 Å². The van der Waals surface area contributed by atoms with Crippen molar-refractivity contribution >= 4 is 27.5 Å². The van der Waals surface area contributed by atoms with E-state index in [0.717, 1.165) is 21.5 Å². The molecule has 0 radical (unpaired) electrons. The summed E-state index contributed by atoms with van der Waals surface area (Å²) < 4.78 is 5.98. The average Bonchev–Trinajstić information content (AvgIpc) is 2.46. The number of ether oxygens (including phenoxy) is 1. The quantitative estimate of drug-likeness (QED) is 0.883. The molecule has 0 heterocycles. The molecule has 1 atom stereocenters. The Labute approximate surface area is 126 Å². The van der Waals surface area contributed by atoms with Gasteiger partial charge < -0.3 is 15.8 Å². The summed E-state index contributed by atoms with van der Waals surface area (Å²) in [5.74, 6) is 0.295. The number of carbonyl (C=O) groups is 1. The van der Waals surface area contributed by atoms with Gasteiger partial charge in [-0.1, -0.05) is 24.3 Å². The maximum absolute atomic E-state index is 11.7.